The number of aliphatic hydroxyl groups excluding tert-OH is 1. The van der Waals surface area contributed by atoms with E-state index in [1.807, 2.05) is 52.0 Å². The van der Waals surface area contributed by atoms with Crippen LogP contribution in [0, 0.1) is 12.7 Å². The van der Waals surface area contributed by atoms with Crippen molar-refractivity contribution in [3.8, 4) is 11.4 Å². The van der Waals surface area contributed by atoms with Crippen molar-refractivity contribution in [2.24, 2.45) is 0 Å². The Labute approximate surface area is 204 Å². The maximum absolute atomic E-state index is 13.4. The maximum atomic E-state index is 13.4. The fourth-order valence-electron chi connectivity index (χ4n) is 3.53. The van der Waals surface area contributed by atoms with E-state index in [4.69, 9.17) is 0 Å². The van der Waals surface area contributed by atoms with Crippen molar-refractivity contribution in [2.75, 3.05) is 13.2 Å². The number of aliphatic hydroxyl groups is 1. The van der Waals surface area contributed by atoms with E-state index in [2.05, 4.69) is 20.7 Å². The quantitative estimate of drug-likeness (QED) is 0.485. The van der Waals surface area contributed by atoms with E-state index >= 15 is 0 Å². The summed E-state index contributed by atoms with van der Waals surface area (Å²) in [5.41, 5.74) is 1.73. The number of aryl methyl sites for hydroxylation is 1. The molecule has 0 fully saturated rings. The molecule has 1 atom stereocenters. The molecule has 0 spiro atoms. The minimum absolute atomic E-state index is 0.137. The van der Waals surface area contributed by atoms with Crippen LogP contribution < -0.4 is 5.32 Å². The average molecular weight is 483 g/mol. The van der Waals surface area contributed by atoms with Gasteiger partial charge in [0.15, 0.2) is 0 Å². The molecule has 0 unspecified atom stereocenters. The Bertz CT molecular complexity index is 1140. The monoisotopic (exact) mass is 482 g/mol. The van der Waals surface area contributed by atoms with Crippen LogP contribution >= 0.6 is 0 Å². The summed E-state index contributed by atoms with van der Waals surface area (Å²) in [5, 5.41) is 24.5. The Morgan fingerprint density at radius 2 is 1.77 bits per heavy atom. The third-order valence-corrected chi connectivity index (χ3v) is 5.16. The van der Waals surface area contributed by atoms with E-state index in [0.29, 0.717) is 17.5 Å². The molecule has 0 saturated heterocycles. The number of carbonyl (C=O) groups excluding carboxylic acids is 2. The number of carbonyl (C=O) groups is 2. The van der Waals surface area contributed by atoms with E-state index in [9.17, 15) is 19.1 Å². The van der Waals surface area contributed by atoms with Gasteiger partial charge < -0.3 is 15.3 Å². The number of rotatable bonds is 9. The highest BCUT2D eigenvalue weighted by atomic mass is 19.1. The second-order valence-electron chi connectivity index (χ2n) is 9.37. The molecule has 9 nitrogen and oxygen atoms in total. The van der Waals surface area contributed by atoms with Crippen molar-refractivity contribution in [1.82, 2.24) is 30.4 Å². The number of amides is 2. The van der Waals surface area contributed by atoms with Gasteiger partial charge in [-0.05, 0) is 69.2 Å². The Hall–Kier alpha value is -3.66. The largest absolute Gasteiger partial charge is 0.396 e. The van der Waals surface area contributed by atoms with Crippen molar-refractivity contribution in [3.05, 3.63) is 65.5 Å². The topological polar surface area (TPSA) is 113 Å². The van der Waals surface area contributed by atoms with E-state index in [1.54, 1.807) is 0 Å². The first-order chi connectivity index (χ1) is 16.6. The molecule has 2 N–H and O–H groups in total. The van der Waals surface area contributed by atoms with Gasteiger partial charge in [-0.3, -0.25) is 9.59 Å². The molecule has 1 aromatic heterocycles. The van der Waals surface area contributed by atoms with Crippen LogP contribution in [0.1, 0.15) is 44.4 Å². The predicted molar refractivity (Wildman–Crippen MR) is 128 cm³/mol. The number of hydrogen-bond donors (Lipinski definition) is 2. The zero-order chi connectivity index (χ0) is 25.6. The third kappa shape index (κ3) is 7.16. The van der Waals surface area contributed by atoms with Gasteiger partial charge in [-0.2, -0.15) is 4.80 Å². The van der Waals surface area contributed by atoms with Gasteiger partial charge in [0.05, 0.1) is 0 Å². The summed E-state index contributed by atoms with van der Waals surface area (Å²) >= 11 is 0. The van der Waals surface area contributed by atoms with Gasteiger partial charge in [0.1, 0.15) is 18.4 Å². The van der Waals surface area contributed by atoms with Crippen LogP contribution in [0.2, 0.25) is 0 Å². The maximum Gasteiger partial charge on any atom is 0.247 e. The van der Waals surface area contributed by atoms with Crippen LogP contribution in [0.4, 0.5) is 4.39 Å². The summed E-state index contributed by atoms with van der Waals surface area (Å²) in [7, 11) is 0. The van der Waals surface area contributed by atoms with Gasteiger partial charge in [0, 0.05) is 24.3 Å². The van der Waals surface area contributed by atoms with Crippen molar-refractivity contribution >= 4 is 11.8 Å². The van der Waals surface area contributed by atoms with Crippen molar-refractivity contribution in [3.63, 3.8) is 0 Å². The van der Waals surface area contributed by atoms with Gasteiger partial charge >= 0.3 is 0 Å². The SMILES string of the molecule is Cc1ccc([C@H](C(=O)NC(C)(C)C)N(CCCO)C(=O)Cn2nnc(-c3ccc(F)cc3)n2)cc1. The number of nitrogens with zero attached hydrogens (tertiary/aromatic N) is 5. The molecule has 10 heteroatoms. The molecule has 2 aromatic carbocycles. The van der Waals surface area contributed by atoms with Gasteiger partial charge in [-0.15, -0.1) is 10.2 Å². The molecule has 0 aliphatic carbocycles. The number of halogens is 1. The Balaban J connectivity index is 1.90. The summed E-state index contributed by atoms with van der Waals surface area (Å²) in [6.07, 6.45) is 0.294. The standard InChI is InChI=1S/C25H31FN6O3/c1-17-6-8-18(9-7-17)22(24(35)27-25(2,3)4)31(14-5-15-33)21(34)16-32-29-23(28-30-32)19-10-12-20(26)13-11-19/h6-13,22,33H,5,14-16H2,1-4H3,(H,27,35)/t22-/m1/s1. The van der Waals surface area contributed by atoms with Crippen LogP contribution in [-0.2, 0) is 16.1 Å². The molecular weight excluding hydrogens is 451 g/mol. The summed E-state index contributed by atoms with van der Waals surface area (Å²) < 4.78 is 13.2. The molecule has 3 rings (SSSR count). The van der Waals surface area contributed by atoms with E-state index in [0.717, 1.165) is 10.4 Å². The summed E-state index contributed by atoms with van der Waals surface area (Å²) in [6, 6.07) is 12.1. The third-order valence-electron chi connectivity index (χ3n) is 5.16. The fraction of sp³-hybridized carbons (Fsp3) is 0.400. The molecule has 0 saturated carbocycles. The van der Waals surface area contributed by atoms with E-state index in [1.165, 1.54) is 29.2 Å². The zero-order valence-electron chi connectivity index (χ0n) is 20.4. The lowest BCUT2D eigenvalue weighted by Gasteiger charge is -2.33. The highest BCUT2D eigenvalue weighted by Gasteiger charge is 2.33. The highest BCUT2D eigenvalue weighted by Crippen LogP contribution is 2.24. The molecule has 3 aromatic rings. The van der Waals surface area contributed by atoms with Gasteiger partial charge in [0.25, 0.3) is 0 Å². The van der Waals surface area contributed by atoms with Crippen molar-refractivity contribution in [1.29, 1.82) is 0 Å². The predicted octanol–water partition coefficient (Wildman–Crippen LogP) is 2.65. The molecule has 0 aliphatic rings. The Morgan fingerprint density at radius 3 is 2.37 bits per heavy atom. The fourth-order valence-corrected chi connectivity index (χ4v) is 3.53. The minimum atomic E-state index is -0.908. The normalized spacial score (nSPS) is 12.3. The van der Waals surface area contributed by atoms with Gasteiger partial charge in [-0.1, -0.05) is 29.8 Å². The van der Waals surface area contributed by atoms with Crippen molar-refractivity contribution in [2.45, 2.75) is 52.2 Å². The Morgan fingerprint density at radius 1 is 1.11 bits per heavy atom. The minimum Gasteiger partial charge on any atom is -0.396 e. The lowest BCUT2D eigenvalue weighted by atomic mass is 10.00. The smallest absolute Gasteiger partial charge is 0.247 e. The second kappa shape index (κ2) is 11.2. The molecule has 35 heavy (non-hydrogen) atoms. The van der Waals surface area contributed by atoms with Crippen LogP contribution in [-0.4, -0.2) is 60.7 Å². The van der Waals surface area contributed by atoms with Crippen LogP contribution in [0.15, 0.2) is 48.5 Å². The Kier molecular flexibility index (Phi) is 8.29. The van der Waals surface area contributed by atoms with E-state index < -0.39 is 17.5 Å². The van der Waals surface area contributed by atoms with Crippen LogP contribution in [0.25, 0.3) is 11.4 Å². The summed E-state index contributed by atoms with van der Waals surface area (Å²) in [6.45, 7) is 7.31. The molecule has 0 bridgehead atoms. The first kappa shape index (κ1) is 26.0. The molecule has 1 heterocycles. The first-order valence-corrected chi connectivity index (χ1v) is 11.4. The molecular formula is C25H31FN6O3. The molecule has 0 aliphatic heterocycles. The van der Waals surface area contributed by atoms with E-state index in [-0.39, 0.29) is 37.2 Å². The van der Waals surface area contributed by atoms with Crippen LogP contribution in [0.3, 0.4) is 0 Å². The average Bonchev–Trinajstić information content (AvgIpc) is 3.25. The van der Waals surface area contributed by atoms with Crippen molar-refractivity contribution < 1.29 is 19.1 Å². The molecule has 0 radical (unpaired) electrons. The highest BCUT2D eigenvalue weighted by molar-refractivity contribution is 5.89. The van der Waals surface area contributed by atoms with Gasteiger partial charge in [-0.25, -0.2) is 4.39 Å². The lowest BCUT2D eigenvalue weighted by Crippen LogP contribution is -2.50. The number of benzene rings is 2. The number of nitrogens with one attached hydrogen (secondary N) is 1. The number of aromatic nitrogens is 4. The first-order valence-electron chi connectivity index (χ1n) is 11.4. The number of tetrazole rings is 1. The number of hydrogen-bond acceptors (Lipinski definition) is 6. The second-order valence-corrected chi connectivity index (χ2v) is 9.37. The van der Waals surface area contributed by atoms with Gasteiger partial charge in [0.2, 0.25) is 17.6 Å². The summed E-state index contributed by atoms with van der Waals surface area (Å²) in [5.74, 6) is -0.867. The summed E-state index contributed by atoms with van der Waals surface area (Å²) in [4.78, 5) is 29.4. The molecule has 186 valence electrons. The zero-order valence-corrected chi connectivity index (χ0v) is 20.4. The molecule has 2 amide bonds. The lowest BCUT2D eigenvalue weighted by molar-refractivity contribution is -0.142. The van der Waals surface area contributed by atoms with Crippen LogP contribution in [0.5, 0.6) is 0 Å².